The van der Waals surface area contributed by atoms with Gasteiger partial charge in [0.05, 0.1) is 12.4 Å². The fourth-order valence-corrected chi connectivity index (χ4v) is 1.67. The molecule has 1 heterocycles. The number of primary amides is 1. The molecule has 0 saturated carbocycles. The van der Waals surface area contributed by atoms with E-state index in [-0.39, 0.29) is 5.69 Å². The predicted molar refractivity (Wildman–Crippen MR) is 72.6 cm³/mol. The summed E-state index contributed by atoms with van der Waals surface area (Å²) in [6.45, 7) is 6.19. The van der Waals surface area contributed by atoms with E-state index in [1.165, 1.54) is 6.20 Å². The van der Waals surface area contributed by atoms with Gasteiger partial charge >= 0.3 is 0 Å². The van der Waals surface area contributed by atoms with Crippen molar-refractivity contribution in [3.8, 4) is 0 Å². The number of carbonyl (C=O) groups excluding carboxylic acids is 1. The highest BCUT2D eigenvalue weighted by Crippen LogP contribution is 2.12. The summed E-state index contributed by atoms with van der Waals surface area (Å²) < 4.78 is 0. The first kappa shape index (κ1) is 14.4. The predicted octanol–water partition coefficient (Wildman–Crippen LogP) is 1.98. The molecule has 0 radical (unpaired) electrons. The first-order valence-corrected chi connectivity index (χ1v) is 6.55. The molecule has 5 heteroatoms. The van der Waals surface area contributed by atoms with E-state index in [0.29, 0.717) is 0 Å². The van der Waals surface area contributed by atoms with Gasteiger partial charge in [0, 0.05) is 13.1 Å². The van der Waals surface area contributed by atoms with E-state index < -0.39 is 5.91 Å². The van der Waals surface area contributed by atoms with Crippen molar-refractivity contribution in [2.75, 3.05) is 18.0 Å². The monoisotopic (exact) mass is 250 g/mol. The Bertz CT molecular complexity index is 373. The lowest BCUT2D eigenvalue weighted by molar-refractivity contribution is 0.0995. The summed E-state index contributed by atoms with van der Waals surface area (Å²) in [6.07, 6.45) is 7.57. The van der Waals surface area contributed by atoms with E-state index in [1.54, 1.807) is 6.20 Å². The molecule has 0 unspecified atom stereocenters. The summed E-state index contributed by atoms with van der Waals surface area (Å²) in [4.78, 5) is 21.6. The molecule has 2 N–H and O–H groups in total. The molecule has 0 bridgehead atoms. The summed E-state index contributed by atoms with van der Waals surface area (Å²) in [5, 5.41) is 0. The van der Waals surface area contributed by atoms with Gasteiger partial charge in [-0.25, -0.2) is 4.98 Å². The minimum absolute atomic E-state index is 0.227. The molecule has 0 atom stereocenters. The largest absolute Gasteiger partial charge is 0.364 e. The number of carbonyl (C=O) groups is 1. The minimum Gasteiger partial charge on any atom is -0.364 e. The van der Waals surface area contributed by atoms with Crippen LogP contribution in [0.25, 0.3) is 0 Å². The maximum absolute atomic E-state index is 11.1. The van der Waals surface area contributed by atoms with E-state index in [0.717, 1.165) is 44.6 Å². The molecular formula is C13H22N4O. The van der Waals surface area contributed by atoms with Crippen LogP contribution in [0, 0.1) is 0 Å². The number of nitrogens with zero attached hydrogens (tertiary/aromatic N) is 3. The van der Waals surface area contributed by atoms with Crippen LogP contribution in [0.3, 0.4) is 0 Å². The smallest absolute Gasteiger partial charge is 0.268 e. The molecule has 18 heavy (non-hydrogen) atoms. The molecule has 0 fully saturated rings. The molecule has 0 spiro atoms. The summed E-state index contributed by atoms with van der Waals surface area (Å²) >= 11 is 0. The third-order valence-corrected chi connectivity index (χ3v) is 2.76. The van der Waals surface area contributed by atoms with Crippen LogP contribution in [0.2, 0.25) is 0 Å². The second-order valence-electron chi connectivity index (χ2n) is 4.32. The highest BCUT2D eigenvalue weighted by atomic mass is 16.1. The fourth-order valence-electron chi connectivity index (χ4n) is 1.67. The van der Waals surface area contributed by atoms with Crippen molar-refractivity contribution in [1.29, 1.82) is 0 Å². The SMILES string of the molecule is CCCCN(CCCC)c1cncc(C(N)=O)n1. The number of hydrogen-bond acceptors (Lipinski definition) is 4. The number of aromatic nitrogens is 2. The molecule has 5 nitrogen and oxygen atoms in total. The van der Waals surface area contributed by atoms with Crippen LogP contribution in [0.4, 0.5) is 5.82 Å². The van der Waals surface area contributed by atoms with Crippen molar-refractivity contribution in [1.82, 2.24) is 9.97 Å². The van der Waals surface area contributed by atoms with E-state index in [1.807, 2.05) is 0 Å². The van der Waals surface area contributed by atoms with Gasteiger partial charge in [0.2, 0.25) is 0 Å². The van der Waals surface area contributed by atoms with Crippen LogP contribution in [0.1, 0.15) is 50.0 Å². The lowest BCUT2D eigenvalue weighted by atomic mass is 10.2. The third-order valence-electron chi connectivity index (χ3n) is 2.76. The van der Waals surface area contributed by atoms with Gasteiger partial charge in [0.25, 0.3) is 5.91 Å². The Labute approximate surface area is 108 Å². The summed E-state index contributed by atoms with van der Waals surface area (Å²) in [5.41, 5.74) is 5.45. The van der Waals surface area contributed by atoms with E-state index in [9.17, 15) is 4.79 Å². The normalized spacial score (nSPS) is 10.3. The van der Waals surface area contributed by atoms with E-state index in [4.69, 9.17) is 5.73 Å². The van der Waals surface area contributed by atoms with Crippen LogP contribution in [0.15, 0.2) is 12.4 Å². The average molecular weight is 250 g/mol. The van der Waals surface area contributed by atoms with Gasteiger partial charge in [-0.1, -0.05) is 26.7 Å². The number of unbranched alkanes of at least 4 members (excludes halogenated alkanes) is 2. The van der Waals surface area contributed by atoms with Gasteiger partial charge in [-0.3, -0.25) is 9.78 Å². The van der Waals surface area contributed by atoms with Gasteiger partial charge in [-0.05, 0) is 12.8 Å². The van der Waals surface area contributed by atoms with Crippen LogP contribution < -0.4 is 10.6 Å². The highest BCUT2D eigenvalue weighted by molar-refractivity contribution is 5.90. The Morgan fingerprint density at radius 2 is 1.83 bits per heavy atom. The highest BCUT2D eigenvalue weighted by Gasteiger charge is 2.10. The Morgan fingerprint density at radius 1 is 1.22 bits per heavy atom. The molecule has 1 amide bonds. The van der Waals surface area contributed by atoms with Crippen molar-refractivity contribution in [2.24, 2.45) is 5.73 Å². The van der Waals surface area contributed by atoms with Crippen molar-refractivity contribution in [2.45, 2.75) is 39.5 Å². The maximum Gasteiger partial charge on any atom is 0.268 e. The van der Waals surface area contributed by atoms with E-state index in [2.05, 4.69) is 28.7 Å². The van der Waals surface area contributed by atoms with Gasteiger partial charge < -0.3 is 10.6 Å². The molecule has 0 aromatic carbocycles. The summed E-state index contributed by atoms with van der Waals surface area (Å²) in [5.74, 6) is 0.212. The lowest BCUT2D eigenvalue weighted by Gasteiger charge is -2.23. The minimum atomic E-state index is -0.532. The zero-order valence-electron chi connectivity index (χ0n) is 11.2. The number of amides is 1. The second-order valence-corrected chi connectivity index (χ2v) is 4.32. The Hall–Kier alpha value is -1.65. The lowest BCUT2D eigenvalue weighted by Crippen LogP contribution is -2.27. The maximum atomic E-state index is 11.1. The number of rotatable bonds is 8. The molecule has 1 aromatic rings. The Balaban J connectivity index is 2.82. The number of anilines is 1. The van der Waals surface area contributed by atoms with Crippen LogP contribution >= 0.6 is 0 Å². The van der Waals surface area contributed by atoms with E-state index >= 15 is 0 Å². The molecular weight excluding hydrogens is 228 g/mol. The van der Waals surface area contributed by atoms with Crippen LogP contribution in [-0.2, 0) is 0 Å². The van der Waals surface area contributed by atoms with Crippen molar-refractivity contribution >= 4 is 11.7 Å². The van der Waals surface area contributed by atoms with Crippen molar-refractivity contribution < 1.29 is 4.79 Å². The second kappa shape index (κ2) is 7.63. The zero-order chi connectivity index (χ0) is 13.4. The standard InChI is InChI=1S/C13H22N4O/c1-3-5-7-17(8-6-4-2)12-10-15-9-11(16-12)13(14)18/h9-10H,3-8H2,1-2H3,(H2,14,18). The van der Waals surface area contributed by atoms with Crippen LogP contribution in [-0.4, -0.2) is 29.0 Å². The molecule has 0 aliphatic heterocycles. The number of nitrogens with two attached hydrogens (primary N) is 1. The summed E-state index contributed by atoms with van der Waals surface area (Å²) in [7, 11) is 0. The average Bonchev–Trinajstić information content (AvgIpc) is 2.39. The van der Waals surface area contributed by atoms with Crippen molar-refractivity contribution in [3.05, 3.63) is 18.1 Å². The molecule has 0 saturated heterocycles. The van der Waals surface area contributed by atoms with Crippen LogP contribution in [0.5, 0.6) is 0 Å². The van der Waals surface area contributed by atoms with Crippen molar-refractivity contribution in [3.63, 3.8) is 0 Å². The number of hydrogen-bond donors (Lipinski definition) is 1. The fraction of sp³-hybridized carbons (Fsp3) is 0.615. The Morgan fingerprint density at radius 3 is 2.33 bits per heavy atom. The first-order valence-electron chi connectivity index (χ1n) is 6.55. The topological polar surface area (TPSA) is 72.1 Å². The first-order chi connectivity index (χ1) is 8.69. The summed E-state index contributed by atoms with van der Waals surface area (Å²) in [6, 6.07) is 0. The van der Waals surface area contributed by atoms with Gasteiger partial charge in [0.1, 0.15) is 11.5 Å². The molecule has 1 rings (SSSR count). The third kappa shape index (κ3) is 4.31. The zero-order valence-corrected chi connectivity index (χ0v) is 11.2. The quantitative estimate of drug-likeness (QED) is 0.765. The van der Waals surface area contributed by atoms with Gasteiger partial charge in [0.15, 0.2) is 0 Å². The van der Waals surface area contributed by atoms with Gasteiger partial charge in [-0.15, -0.1) is 0 Å². The van der Waals surface area contributed by atoms with Gasteiger partial charge in [-0.2, -0.15) is 0 Å². The molecule has 1 aromatic heterocycles. The molecule has 0 aliphatic rings. The molecule has 100 valence electrons. The Kier molecular flexibility index (Phi) is 6.11. The molecule has 0 aliphatic carbocycles.